The largest absolute Gasteiger partial charge is 0.481 e. The van der Waals surface area contributed by atoms with Gasteiger partial charge in [-0.3, -0.25) is 4.79 Å². The van der Waals surface area contributed by atoms with E-state index in [1.54, 1.807) is 0 Å². The van der Waals surface area contributed by atoms with Crippen molar-refractivity contribution in [1.29, 1.82) is 0 Å². The first-order valence-corrected chi connectivity index (χ1v) is 6.02. The summed E-state index contributed by atoms with van der Waals surface area (Å²) in [7, 11) is -3.33. The Labute approximate surface area is 82.5 Å². The molecule has 1 heterocycles. The van der Waals surface area contributed by atoms with Crippen LogP contribution in [0, 0.1) is 5.92 Å². The van der Waals surface area contributed by atoms with Gasteiger partial charge in [0.15, 0.2) is 0 Å². The summed E-state index contributed by atoms with van der Waals surface area (Å²) in [5.41, 5.74) is 0. The number of carboxylic acids is 1. The molecule has 1 N–H and O–H groups in total. The van der Waals surface area contributed by atoms with Crippen molar-refractivity contribution in [2.24, 2.45) is 5.92 Å². The molecule has 1 saturated heterocycles. The Morgan fingerprint density at radius 2 is 2.21 bits per heavy atom. The fourth-order valence-corrected chi connectivity index (χ4v) is 2.09. The van der Waals surface area contributed by atoms with Crippen molar-refractivity contribution < 1.29 is 23.1 Å². The van der Waals surface area contributed by atoms with Crippen molar-refractivity contribution in [1.82, 2.24) is 4.31 Å². The van der Waals surface area contributed by atoms with Gasteiger partial charge in [0.2, 0.25) is 10.0 Å². The van der Waals surface area contributed by atoms with Crippen molar-refractivity contribution in [2.75, 3.05) is 32.6 Å². The summed E-state index contributed by atoms with van der Waals surface area (Å²) in [6.07, 6.45) is 1.07. The van der Waals surface area contributed by atoms with Crippen LogP contribution in [-0.2, 0) is 19.6 Å². The second kappa shape index (κ2) is 4.24. The summed E-state index contributed by atoms with van der Waals surface area (Å²) >= 11 is 0. The molecule has 0 aromatic heterocycles. The van der Waals surface area contributed by atoms with Crippen LogP contribution in [0.5, 0.6) is 0 Å². The summed E-state index contributed by atoms with van der Waals surface area (Å²) in [6.45, 7) is 0.537. The number of carboxylic acid groups (broad SMARTS) is 1. The number of hydrogen-bond acceptors (Lipinski definition) is 4. The molecule has 1 rings (SSSR count). The molecule has 82 valence electrons. The first-order valence-electron chi connectivity index (χ1n) is 4.17. The van der Waals surface area contributed by atoms with Crippen LogP contribution in [-0.4, -0.2) is 56.4 Å². The van der Waals surface area contributed by atoms with E-state index in [0.717, 1.165) is 10.6 Å². The van der Waals surface area contributed by atoms with Gasteiger partial charge in [0.05, 0.1) is 25.4 Å². The minimum Gasteiger partial charge on any atom is -0.481 e. The molecule has 0 bridgehead atoms. The fourth-order valence-electron chi connectivity index (χ4n) is 1.23. The van der Waals surface area contributed by atoms with E-state index in [9.17, 15) is 13.2 Å². The lowest BCUT2D eigenvalue weighted by Crippen LogP contribution is -2.37. The quantitative estimate of drug-likeness (QED) is 0.647. The van der Waals surface area contributed by atoms with Crippen LogP contribution in [0.15, 0.2) is 0 Å². The lowest BCUT2D eigenvalue weighted by molar-refractivity contribution is -0.143. The van der Waals surface area contributed by atoms with Crippen LogP contribution in [0.2, 0.25) is 0 Å². The number of ether oxygens (including phenoxy) is 1. The molecular weight excluding hydrogens is 210 g/mol. The minimum atomic E-state index is -3.33. The Hall–Kier alpha value is -0.660. The highest BCUT2D eigenvalue weighted by molar-refractivity contribution is 7.88. The van der Waals surface area contributed by atoms with Crippen LogP contribution in [0.25, 0.3) is 0 Å². The number of hydrogen-bond donors (Lipinski definition) is 1. The zero-order valence-corrected chi connectivity index (χ0v) is 8.66. The molecule has 1 fully saturated rings. The van der Waals surface area contributed by atoms with Gasteiger partial charge in [-0.1, -0.05) is 0 Å². The predicted molar refractivity (Wildman–Crippen MR) is 48.4 cm³/mol. The van der Waals surface area contributed by atoms with Crippen molar-refractivity contribution in [3.05, 3.63) is 0 Å². The van der Waals surface area contributed by atoms with Gasteiger partial charge in [0.1, 0.15) is 0 Å². The van der Waals surface area contributed by atoms with Crippen LogP contribution in [0.4, 0.5) is 0 Å². The van der Waals surface area contributed by atoms with Crippen LogP contribution in [0.1, 0.15) is 0 Å². The summed E-state index contributed by atoms with van der Waals surface area (Å²) in [4.78, 5) is 10.7. The lowest BCUT2D eigenvalue weighted by Gasteiger charge is -2.18. The third-order valence-electron chi connectivity index (χ3n) is 2.05. The first kappa shape index (κ1) is 11.4. The normalized spacial score (nSPS) is 25.6. The number of aliphatic carboxylic acids is 1. The third-order valence-corrected chi connectivity index (χ3v) is 3.32. The molecule has 1 aliphatic rings. The maximum absolute atomic E-state index is 11.2. The maximum Gasteiger partial charge on any atom is 0.310 e. The summed E-state index contributed by atoms with van der Waals surface area (Å²) in [6, 6.07) is 0. The highest BCUT2D eigenvalue weighted by Gasteiger charge is 2.28. The van der Waals surface area contributed by atoms with Crippen LogP contribution in [0.3, 0.4) is 0 Å². The zero-order chi connectivity index (χ0) is 10.8. The summed E-state index contributed by atoms with van der Waals surface area (Å²) in [5.74, 6) is -1.80. The van der Waals surface area contributed by atoms with E-state index in [-0.39, 0.29) is 26.3 Å². The Balaban J connectivity index is 2.75. The average Bonchev–Trinajstić information content (AvgIpc) is 2.26. The smallest absolute Gasteiger partial charge is 0.310 e. The van der Waals surface area contributed by atoms with E-state index in [0.29, 0.717) is 0 Å². The monoisotopic (exact) mass is 223 g/mol. The Bertz CT molecular complexity index is 312. The van der Waals surface area contributed by atoms with Gasteiger partial charge < -0.3 is 9.84 Å². The van der Waals surface area contributed by atoms with Crippen molar-refractivity contribution in [2.45, 2.75) is 0 Å². The molecule has 1 atom stereocenters. The molecule has 0 spiro atoms. The topological polar surface area (TPSA) is 83.9 Å². The molecule has 14 heavy (non-hydrogen) atoms. The van der Waals surface area contributed by atoms with Gasteiger partial charge in [-0.2, -0.15) is 4.31 Å². The molecule has 0 unspecified atom stereocenters. The standard InChI is InChI=1S/C7H13NO5S/c1-14(11,12)8-2-3-13-5-6(4-8)7(9)10/h6H,2-5H2,1H3,(H,9,10)/t6-/m0/s1. The molecule has 0 amide bonds. The molecule has 0 saturated carbocycles. The number of rotatable bonds is 2. The van der Waals surface area contributed by atoms with E-state index in [4.69, 9.17) is 9.84 Å². The summed E-state index contributed by atoms with van der Waals surface area (Å²) < 4.78 is 28.5. The van der Waals surface area contributed by atoms with E-state index in [1.807, 2.05) is 0 Å². The maximum atomic E-state index is 11.2. The van der Waals surface area contributed by atoms with Gasteiger partial charge in [-0.15, -0.1) is 0 Å². The number of nitrogens with zero attached hydrogens (tertiary/aromatic N) is 1. The van der Waals surface area contributed by atoms with Crippen molar-refractivity contribution >= 4 is 16.0 Å². The number of carbonyl (C=O) groups is 1. The zero-order valence-electron chi connectivity index (χ0n) is 7.84. The predicted octanol–water partition coefficient (Wildman–Crippen LogP) is -1.02. The Kier molecular flexibility index (Phi) is 3.46. The van der Waals surface area contributed by atoms with Gasteiger partial charge >= 0.3 is 5.97 Å². The second-order valence-corrected chi connectivity index (χ2v) is 5.21. The molecule has 0 aromatic rings. The molecule has 0 radical (unpaired) electrons. The SMILES string of the molecule is CS(=O)(=O)N1CCOC[C@@H](C(=O)O)C1. The molecular formula is C7H13NO5S. The first-order chi connectivity index (χ1) is 6.41. The van der Waals surface area contributed by atoms with Gasteiger partial charge in [-0.05, 0) is 0 Å². The van der Waals surface area contributed by atoms with Crippen molar-refractivity contribution in [3.8, 4) is 0 Å². The average molecular weight is 223 g/mol. The molecule has 6 nitrogen and oxygen atoms in total. The van der Waals surface area contributed by atoms with Crippen LogP contribution >= 0.6 is 0 Å². The Morgan fingerprint density at radius 1 is 1.57 bits per heavy atom. The number of sulfonamides is 1. The second-order valence-electron chi connectivity index (χ2n) is 3.23. The molecule has 1 aliphatic heterocycles. The van der Waals surface area contributed by atoms with E-state index in [1.165, 1.54) is 0 Å². The molecule has 0 aliphatic carbocycles. The van der Waals surface area contributed by atoms with E-state index >= 15 is 0 Å². The fraction of sp³-hybridized carbons (Fsp3) is 0.857. The minimum absolute atomic E-state index is 0.00579. The molecule has 0 aromatic carbocycles. The highest BCUT2D eigenvalue weighted by atomic mass is 32.2. The van der Waals surface area contributed by atoms with Crippen molar-refractivity contribution in [3.63, 3.8) is 0 Å². The van der Waals surface area contributed by atoms with Crippen LogP contribution < -0.4 is 0 Å². The van der Waals surface area contributed by atoms with E-state index < -0.39 is 21.9 Å². The highest BCUT2D eigenvalue weighted by Crippen LogP contribution is 2.10. The lowest BCUT2D eigenvalue weighted by atomic mass is 10.2. The van der Waals surface area contributed by atoms with E-state index in [2.05, 4.69) is 0 Å². The van der Waals surface area contributed by atoms with Gasteiger partial charge in [0, 0.05) is 13.1 Å². The third kappa shape index (κ3) is 2.93. The Morgan fingerprint density at radius 3 is 2.71 bits per heavy atom. The van der Waals surface area contributed by atoms with Gasteiger partial charge in [0.25, 0.3) is 0 Å². The van der Waals surface area contributed by atoms with Gasteiger partial charge in [-0.25, -0.2) is 8.42 Å². The summed E-state index contributed by atoms with van der Waals surface area (Å²) in [5, 5.41) is 8.75. The molecule has 7 heteroatoms.